The highest BCUT2D eigenvalue weighted by Gasteiger charge is 2.22. The molecule has 1 heterocycles. The topological polar surface area (TPSA) is 55.9 Å². The van der Waals surface area contributed by atoms with Gasteiger partial charge in [0.05, 0.1) is 20.4 Å². The predicted molar refractivity (Wildman–Crippen MR) is 83.6 cm³/mol. The van der Waals surface area contributed by atoms with Gasteiger partial charge in [-0.1, -0.05) is 12.1 Å². The summed E-state index contributed by atoms with van der Waals surface area (Å²) in [5.41, 5.74) is 1.05. The van der Waals surface area contributed by atoms with Crippen LogP contribution >= 0.6 is 0 Å². The quantitative estimate of drug-likeness (QED) is 0.802. The van der Waals surface area contributed by atoms with Crippen molar-refractivity contribution in [3.63, 3.8) is 0 Å². The standard InChI is InChI=1S/C17H22N2O3/c1-13(19(2)12-16-5-4-10-22-16)17(20)18-11-14-6-8-15(21-3)9-7-14/h4-10,13H,11-12H2,1-3H3,(H,18,20)/p+1/t13-/m0/s1. The number of hydrogen-bond donors (Lipinski definition) is 2. The fourth-order valence-corrected chi connectivity index (χ4v) is 2.15. The van der Waals surface area contributed by atoms with Gasteiger partial charge in [0.1, 0.15) is 12.3 Å². The van der Waals surface area contributed by atoms with Gasteiger partial charge in [-0.05, 0) is 36.8 Å². The summed E-state index contributed by atoms with van der Waals surface area (Å²) in [6.45, 7) is 3.12. The maximum Gasteiger partial charge on any atom is 0.278 e. The van der Waals surface area contributed by atoms with Crippen LogP contribution in [0.4, 0.5) is 0 Å². The number of amides is 1. The van der Waals surface area contributed by atoms with Crippen LogP contribution in [0.15, 0.2) is 47.1 Å². The predicted octanol–water partition coefficient (Wildman–Crippen LogP) is 1.01. The minimum Gasteiger partial charge on any atom is -0.497 e. The molecular weight excluding hydrogens is 280 g/mol. The summed E-state index contributed by atoms with van der Waals surface area (Å²) < 4.78 is 10.4. The number of methoxy groups -OCH3 is 1. The summed E-state index contributed by atoms with van der Waals surface area (Å²) >= 11 is 0. The maximum absolute atomic E-state index is 12.2. The zero-order valence-corrected chi connectivity index (χ0v) is 13.3. The Kier molecular flexibility index (Phi) is 5.61. The molecular formula is C17H23N2O3+. The molecule has 2 atom stereocenters. The van der Waals surface area contributed by atoms with Crippen LogP contribution in [-0.2, 0) is 17.9 Å². The average Bonchev–Trinajstić information content (AvgIpc) is 3.05. The minimum absolute atomic E-state index is 0.0277. The number of ether oxygens (including phenoxy) is 1. The Morgan fingerprint density at radius 2 is 2.05 bits per heavy atom. The molecule has 0 aliphatic rings. The van der Waals surface area contributed by atoms with Gasteiger partial charge in [-0.15, -0.1) is 0 Å². The second-order valence-electron chi connectivity index (χ2n) is 5.39. The zero-order valence-electron chi connectivity index (χ0n) is 13.3. The Morgan fingerprint density at radius 3 is 2.64 bits per heavy atom. The maximum atomic E-state index is 12.2. The number of hydrogen-bond acceptors (Lipinski definition) is 3. The third-order valence-corrected chi connectivity index (χ3v) is 3.79. The molecule has 0 saturated heterocycles. The van der Waals surface area contributed by atoms with Crippen LogP contribution in [-0.4, -0.2) is 26.1 Å². The Morgan fingerprint density at radius 1 is 1.32 bits per heavy atom. The summed E-state index contributed by atoms with van der Waals surface area (Å²) in [4.78, 5) is 13.3. The Labute approximate surface area is 130 Å². The van der Waals surface area contributed by atoms with Crippen LogP contribution in [0.5, 0.6) is 5.75 Å². The lowest BCUT2D eigenvalue weighted by Crippen LogP contribution is -3.12. The molecule has 2 aromatic rings. The lowest BCUT2D eigenvalue weighted by atomic mass is 10.2. The van der Waals surface area contributed by atoms with E-state index >= 15 is 0 Å². The summed E-state index contributed by atoms with van der Waals surface area (Å²) in [5, 5.41) is 2.97. The van der Waals surface area contributed by atoms with Gasteiger partial charge in [0, 0.05) is 6.54 Å². The van der Waals surface area contributed by atoms with E-state index < -0.39 is 0 Å². The Hall–Kier alpha value is -2.27. The highest BCUT2D eigenvalue weighted by Crippen LogP contribution is 2.10. The average molecular weight is 303 g/mol. The van der Waals surface area contributed by atoms with Crippen LogP contribution < -0.4 is 15.0 Å². The zero-order chi connectivity index (χ0) is 15.9. The van der Waals surface area contributed by atoms with Crippen LogP contribution in [0, 0.1) is 0 Å². The molecule has 0 bridgehead atoms. The number of rotatable bonds is 7. The van der Waals surface area contributed by atoms with E-state index in [2.05, 4.69) is 5.32 Å². The van der Waals surface area contributed by atoms with Gasteiger partial charge in [0.2, 0.25) is 0 Å². The second kappa shape index (κ2) is 7.66. The van der Waals surface area contributed by atoms with E-state index in [1.807, 2.05) is 50.4 Å². The van der Waals surface area contributed by atoms with Gasteiger partial charge in [-0.3, -0.25) is 4.79 Å². The molecule has 1 aromatic carbocycles. The number of furan rings is 1. The van der Waals surface area contributed by atoms with E-state index in [0.717, 1.165) is 22.0 Å². The van der Waals surface area contributed by atoms with Crippen molar-refractivity contribution in [2.75, 3.05) is 14.2 Å². The summed E-state index contributed by atoms with van der Waals surface area (Å²) in [7, 11) is 3.62. The van der Waals surface area contributed by atoms with Crippen molar-refractivity contribution >= 4 is 5.91 Å². The molecule has 1 unspecified atom stereocenters. The van der Waals surface area contributed by atoms with Crippen LogP contribution in [0.1, 0.15) is 18.2 Å². The Bertz CT molecular complexity index is 578. The van der Waals surface area contributed by atoms with Crippen LogP contribution in [0.25, 0.3) is 0 Å². The molecule has 0 radical (unpaired) electrons. The number of quaternary nitrogens is 1. The van der Waals surface area contributed by atoms with Gasteiger partial charge >= 0.3 is 0 Å². The monoisotopic (exact) mass is 303 g/mol. The van der Waals surface area contributed by atoms with Gasteiger partial charge < -0.3 is 19.4 Å². The third-order valence-electron chi connectivity index (χ3n) is 3.79. The molecule has 0 fully saturated rings. The first-order valence-corrected chi connectivity index (χ1v) is 7.35. The van der Waals surface area contributed by atoms with E-state index in [9.17, 15) is 4.79 Å². The Balaban J connectivity index is 1.82. The molecule has 2 N–H and O–H groups in total. The normalized spacial score (nSPS) is 13.4. The first-order chi connectivity index (χ1) is 10.6. The molecule has 0 spiro atoms. The van der Waals surface area contributed by atoms with Gasteiger partial charge in [0.15, 0.2) is 11.8 Å². The van der Waals surface area contributed by atoms with Crippen molar-refractivity contribution in [1.29, 1.82) is 0 Å². The van der Waals surface area contributed by atoms with E-state index in [0.29, 0.717) is 13.1 Å². The third kappa shape index (κ3) is 4.36. The number of likely N-dealkylation sites (N-methyl/N-ethyl adjacent to an activating group) is 1. The van der Waals surface area contributed by atoms with E-state index in [4.69, 9.17) is 9.15 Å². The van der Waals surface area contributed by atoms with Crippen molar-refractivity contribution < 1.29 is 18.8 Å². The molecule has 0 aliphatic carbocycles. The van der Waals surface area contributed by atoms with Gasteiger partial charge in [-0.2, -0.15) is 0 Å². The first-order valence-electron chi connectivity index (χ1n) is 7.35. The highest BCUT2D eigenvalue weighted by atomic mass is 16.5. The molecule has 2 rings (SSSR count). The lowest BCUT2D eigenvalue weighted by Gasteiger charge is -2.20. The molecule has 1 amide bonds. The van der Waals surface area contributed by atoms with Crippen molar-refractivity contribution in [2.24, 2.45) is 0 Å². The second-order valence-corrected chi connectivity index (χ2v) is 5.39. The summed E-state index contributed by atoms with van der Waals surface area (Å²) in [5.74, 6) is 1.72. The van der Waals surface area contributed by atoms with E-state index in [1.165, 1.54) is 0 Å². The van der Waals surface area contributed by atoms with E-state index in [1.54, 1.807) is 13.4 Å². The lowest BCUT2D eigenvalue weighted by molar-refractivity contribution is -0.909. The van der Waals surface area contributed by atoms with Crippen molar-refractivity contribution in [3.8, 4) is 5.75 Å². The van der Waals surface area contributed by atoms with Crippen LogP contribution in [0.3, 0.4) is 0 Å². The largest absolute Gasteiger partial charge is 0.497 e. The fraction of sp³-hybridized carbons (Fsp3) is 0.353. The van der Waals surface area contributed by atoms with Gasteiger partial charge in [-0.25, -0.2) is 0 Å². The number of carbonyl (C=O) groups is 1. The van der Waals surface area contributed by atoms with Crippen molar-refractivity contribution in [3.05, 3.63) is 54.0 Å². The molecule has 1 aromatic heterocycles. The molecule has 5 nitrogen and oxygen atoms in total. The van der Waals surface area contributed by atoms with Gasteiger partial charge in [0.25, 0.3) is 5.91 Å². The SMILES string of the molecule is COc1ccc(CNC(=O)[C@H](C)[NH+](C)Cc2ccco2)cc1. The number of benzene rings is 1. The molecule has 118 valence electrons. The number of carbonyl (C=O) groups excluding carboxylic acids is 1. The molecule has 0 aliphatic heterocycles. The summed E-state index contributed by atoms with van der Waals surface area (Å²) in [6, 6.07) is 11.3. The van der Waals surface area contributed by atoms with Crippen molar-refractivity contribution in [2.45, 2.75) is 26.1 Å². The molecule has 5 heteroatoms. The molecule has 22 heavy (non-hydrogen) atoms. The first kappa shape index (κ1) is 16.1. The smallest absolute Gasteiger partial charge is 0.278 e. The number of nitrogens with one attached hydrogen (secondary N) is 2. The fourth-order valence-electron chi connectivity index (χ4n) is 2.15. The minimum atomic E-state index is -0.150. The highest BCUT2D eigenvalue weighted by molar-refractivity contribution is 5.79. The van der Waals surface area contributed by atoms with Crippen molar-refractivity contribution in [1.82, 2.24) is 5.32 Å². The summed E-state index contributed by atoms with van der Waals surface area (Å²) in [6.07, 6.45) is 1.65. The van der Waals surface area contributed by atoms with E-state index in [-0.39, 0.29) is 11.9 Å². The van der Waals surface area contributed by atoms with Crippen LogP contribution in [0.2, 0.25) is 0 Å². The molecule has 0 saturated carbocycles.